The zero-order chi connectivity index (χ0) is 41.6. The first-order valence-electron chi connectivity index (χ1n) is 22.6. The lowest BCUT2D eigenvalue weighted by Gasteiger charge is -2.52. The van der Waals surface area contributed by atoms with Crippen LogP contribution in [0.2, 0.25) is 13.1 Å². The van der Waals surface area contributed by atoms with Gasteiger partial charge in [-0.15, -0.1) is 0 Å². The molecule has 12 rings (SSSR count). The Bertz CT molecular complexity index is 2930. The van der Waals surface area contributed by atoms with Crippen LogP contribution >= 0.6 is 0 Å². The first-order valence-corrected chi connectivity index (χ1v) is 25.6. The van der Waals surface area contributed by atoms with Gasteiger partial charge in [0.05, 0.1) is 5.54 Å². The number of para-hydroxylation sites is 1. The highest BCUT2D eigenvalue weighted by molar-refractivity contribution is 7.16. The zero-order valence-electron chi connectivity index (χ0n) is 36.7. The van der Waals surface area contributed by atoms with E-state index in [-0.39, 0.29) is 23.1 Å². The number of anilines is 8. The van der Waals surface area contributed by atoms with E-state index in [0.717, 1.165) is 6.42 Å². The topological polar surface area (TPSA) is 9.72 Å². The monoisotopic (exact) mass is 807 g/mol. The van der Waals surface area contributed by atoms with Crippen molar-refractivity contribution in [2.75, 3.05) is 14.7 Å². The molecule has 5 heteroatoms. The molecule has 2 unspecified atom stereocenters. The van der Waals surface area contributed by atoms with E-state index in [1.54, 1.807) is 10.4 Å². The van der Waals surface area contributed by atoms with Crippen LogP contribution in [0.25, 0.3) is 11.1 Å². The second-order valence-corrected chi connectivity index (χ2v) is 24.8. The van der Waals surface area contributed by atoms with Crippen molar-refractivity contribution in [2.45, 2.75) is 89.8 Å². The van der Waals surface area contributed by atoms with Crippen LogP contribution in [0, 0.1) is 0 Å². The average molecular weight is 808 g/mol. The lowest BCUT2D eigenvalue weighted by atomic mass is 9.33. The molecule has 2 atom stereocenters. The molecule has 0 amide bonds. The van der Waals surface area contributed by atoms with E-state index in [2.05, 4.69) is 214 Å². The number of rotatable bonds is 4. The van der Waals surface area contributed by atoms with Gasteiger partial charge in [-0.05, 0) is 118 Å². The summed E-state index contributed by atoms with van der Waals surface area (Å²) in [5.74, 6) is 0. The fourth-order valence-corrected chi connectivity index (χ4v) is 15.8. The quantitative estimate of drug-likeness (QED) is 0.164. The second kappa shape index (κ2) is 12.6. The first kappa shape index (κ1) is 37.0. The summed E-state index contributed by atoms with van der Waals surface area (Å²) in [7, 11) is -2.11. The highest BCUT2D eigenvalue weighted by Crippen LogP contribution is 2.62. The SMILES string of the molecule is CC(C)(C)c1ccc2c(c1)C1(C)CCCCC1(C)N2c1cc2c3c(c1)N(c1ccc(-c4ccccc4)cc1)c1cccc4c1B3c1c(cccc1[Si]4(C)C)N2c1ccccc1. The van der Waals surface area contributed by atoms with E-state index < -0.39 is 8.07 Å². The maximum absolute atomic E-state index is 2.80. The summed E-state index contributed by atoms with van der Waals surface area (Å²) in [5.41, 5.74) is 20.2. The van der Waals surface area contributed by atoms with Gasteiger partial charge in [-0.25, -0.2) is 0 Å². The lowest BCUT2D eigenvalue weighted by Crippen LogP contribution is -2.79. The Labute approximate surface area is 363 Å². The van der Waals surface area contributed by atoms with E-state index in [9.17, 15) is 0 Å². The molecule has 1 saturated carbocycles. The third-order valence-electron chi connectivity index (χ3n) is 15.9. The number of fused-ring (bicyclic) bond motifs is 3. The molecule has 1 fully saturated rings. The van der Waals surface area contributed by atoms with Gasteiger partial charge in [-0.2, -0.15) is 0 Å². The van der Waals surface area contributed by atoms with Crippen molar-refractivity contribution >= 4 is 87.0 Å². The van der Waals surface area contributed by atoms with Gasteiger partial charge in [0.1, 0.15) is 8.07 Å². The molecule has 3 nitrogen and oxygen atoms in total. The number of hydrogen-bond donors (Lipinski definition) is 0. The molecule has 0 bridgehead atoms. The summed E-state index contributed by atoms with van der Waals surface area (Å²) >= 11 is 0. The summed E-state index contributed by atoms with van der Waals surface area (Å²) in [6.07, 6.45) is 4.86. The van der Waals surface area contributed by atoms with Crippen LogP contribution in [0.4, 0.5) is 45.5 Å². The molecule has 4 aliphatic heterocycles. The van der Waals surface area contributed by atoms with Gasteiger partial charge >= 0.3 is 0 Å². The molecule has 300 valence electrons. The second-order valence-electron chi connectivity index (χ2n) is 20.5. The van der Waals surface area contributed by atoms with Crippen LogP contribution < -0.4 is 41.5 Å². The Morgan fingerprint density at radius 3 is 1.67 bits per heavy atom. The largest absolute Gasteiger partial charge is 0.334 e. The van der Waals surface area contributed by atoms with Crippen LogP contribution in [0.1, 0.15) is 71.4 Å². The van der Waals surface area contributed by atoms with Crippen LogP contribution in [-0.4, -0.2) is 20.3 Å². The molecule has 0 spiro atoms. The molecule has 61 heavy (non-hydrogen) atoms. The maximum Gasteiger partial charge on any atom is 0.251 e. The van der Waals surface area contributed by atoms with E-state index in [0.29, 0.717) is 0 Å². The summed E-state index contributed by atoms with van der Waals surface area (Å²) in [5, 5.41) is 3.13. The Morgan fingerprint density at radius 2 is 1.07 bits per heavy atom. The predicted molar refractivity (Wildman–Crippen MR) is 264 cm³/mol. The fraction of sp³-hybridized carbons (Fsp3) is 0.250. The number of nitrogens with zero attached hydrogens (tertiary/aromatic N) is 3. The minimum absolute atomic E-state index is 0.0175. The lowest BCUT2D eigenvalue weighted by molar-refractivity contribution is 0.195. The van der Waals surface area contributed by atoms with Crippen molar-refractivity contribution in [3.05, 3.63) is 163 Å². The van der Waals surface area contributed by atoms with Gasteiger partial charge in [0.2, 0.25) is 0 Å². The van der Waals surface area contributed by atoms with Crippen molar-refractivity contribution in [2.24, 2.45) is 0 Å². The van der Waals surface area contributed by atoms with E-state index >= 15 is 0 Å². The Kier molecular flexibility index (Phi) is 7.67. The standard InChI is InChI=1S/C56H54BN3Si/c1-54(2,3)39-28-31-44-43(34-39)55(4)32-14-15-33-56(55,5)60(44)42-35-47-51-48(36-42)59(41-29-26-38(27-30-41)37-18-10-8-11-19-37)46-23-17-25-50-53(46)57(51)52-45(22-16-24-49(52)61(50,6)7)58(47)40-20-12-9-13-21-40/h8-13,16-31,34-36H,14-15,32-33H2,1-7H3. The molecule has 0 N–H and O–H groups in total. The molecular formula is C56H54BN3Si. The van der Waals surface area contributed by atoms with Crippen LogP contribution in [0.3, 0.4) is 0 Å². The van der Waals surface area contributed by atoms with Crippen molar-refractivity contribution in [1.82, 2.24) is 0 Å². The average Bonchev–Trinajstić information content (AvgIpc) is 3.48. The summed E-state index contributed by atoms with van der Waals surface area (Å²) in [6, 6.07) is 58.5. The maximum atomic E-state index is 2.80. The molecular weight excluding hydrogens is 754 g/mol. The van der Waals surface area contributed by atoms with Crippen LogP contribution in [0.15, 0.2) is 152 Å². The summed E-state index contributed by atoms with van der Waals surface area (Å²) in [6.45, 7) is 17.5. The van der Waals surface area contributed by atoms with Gasteiger partial charge in [0, 0.05) is 50.9 Å². The van der Waals surface area contributed by atoms with E-state index in [4.69, 9.17) is 0 Å². The molecule has 0 saturated heterocycles. The minimum atomic E-state index is -2.11. The van der Waals surface area contributed by atoms with Gasteiger partial charge in [0.15, 0.2) is 0 Å². The molecule has 7 aromatic carbocycles. The van der Waals surface area contributed by atoms with Crippen molar-refractivity contribution in [1.29, 1.82) is 0 Å². The van der Waals surface area contributed by atoms with Crippen LogP contribution in [0.5, 0.6) is 0 Å². The van der Waals surface area contributed by atoms with E-state index in [1.807, 2.05) is 0 Å². The molecule has 4 heterocycles. The number of hydrogen-bond acceptors (Lipinski definition) is 3. The molecule has 7 aromatic rings. The molecule has 1 aliphatic carbocycles. The van der Waals surface area contributed by atoms with Gasteiger partial charge in [0.25, 0.3) is 6.71 Å². The highest BCUT2D eigenvalue weighted by atomic mass is 28.3. The normalized spacial score (nSPS) is 21.2. The minimum Gasteiger partial charge on any atom is -0.334 e. The Morgan fingerprint density at radius 1 is 0.508 bits per heavy atom. The van der Waals surface area contributed by atoms with Gasteiger partial charge in [-0.3, -0.25) is 0 Å². The van der Waals surface area contributed by atoms with Gasteiger partial charge < -0.3 is 14.7 Å². The molecule has 0 aromatic heterocycles. The smallest absolute Gasteiger partial charge is 0.251 e. The number of benzene rings is 7. The highest BCUT2D eigenvalue weighted by Gasteiger charge is 2.59. The fourth-order valence-electron chi connectivity index (χ4n) is 12.6. The summed E-state index contributed by atoms with van der Waals surface area (Å²) < 4.78 is 0. The van der Waals surface area contributed by atoms with Crippen LogP contribution in [-0.2, 0) is 10.8 Å². The first-order chi connectivity index (χ1) is 29.4. The van der Waals surface area contributed by atoms with Crippen molar-refractivity contribution in [3.63, 3.8) is 0 Å². The van der Waals surface area contributed by atoms with Gasteiger partial charge in [-0.1, -0.05) is 161 Å². The zero-order valence-corrected chi connectivity index (χ0v) is 37.7. The van der Waals surface area contributed by atoms with E-state index in [1.165, 1.54) is 103 Å². The summed E-state index contributed by atoms with van der Waals surface area (Å²) in [4.78, 5) is 8.07. The van der Waals surface area contributed by atoms with Crippen molar-refractivity contribution in [3.8, 4) is 11.1 Å². The Balaban J connectivity index is 1.18. The third kappa shape index (κ3) is 4.93. The Hall–Kier alpha value is -5.78. The predicted octanol–water partition coefficient (Wildman–Crippen LogP) is 11.6. The third-order valence-corrected chi connectivity index (χ3v) is 19.5. The molecule has 5 aliphatic rings. The van der Waals surface area contributed by atoms with Crippen molar-refractivity contribution < 1.29 is 0 Å². The molecule has 0 radical (unpaired) electrons.